The highest BCUT2D eigenvalue weighted by Gasteiger charge is 2.32. The summed E-state index contributed by atoms with van der Waals surface area (Å²) in [6.45, 7) is 2.51. The van der Waals surface area contributed by atoms with E-state index in [0.29, 0.717) is 38.0 Å². The van der Waals surface area contributed by atoms with Gasteiger partial charge in [0.25, 0.3) is 0 Å². The summed E-state index contributed by atoms with van der Waals surface area (Å²) >= 11 is 1.59. The van der Waals surface area contributed by atoms with Crippen molar-refractivity contribution in [3.63, 3.8) is 0 Å². The Balaban J connectivity index is 1.60. The van der Waals surface area contributed by atoms with Gasteiger partial charge in [-0.3, -0.25) is 9.59 Å². The lowest BCUT2D eigenvalue weighted by molar-refractivity contribution is -0.126. The summed E-state index contributed by atoms with van der Waals surface area (Å²) in [6.07, 6.45) is 0.976. The van der Waals surface area contributed by atoms with Gasteiger partial charge in [0.05, 0.1) is 11.4 Å². The highest BCUT2D eigenvalue weighted by Crippen LogP contribution is 2.25. The molecule has 1 aromatic carbocycles. The third-order valence-electron chi connectivity index (χ3n) is 4.72. The van der Waals surface area contributed by atoms with E-state index in [9.17, 15) is 18.0 Å². The number of piperidine rings is 1. The van der Waals surface area contributed by atoms with Crippen LogP contribution < -0.4 is 5.32 Å². The first kappa shape index (κ1) is 19.7. The molecule has 1 aliphatic heterocycles. The lowest BCUT2D eigenvalue weighted by atomic mass is 9.97. The van der Waals surface area contributed by atoms with Crippen molar-refractivity contribution < 1.29 is 18.0 Å². The van der Waals surface area contributed by atoms with Crippen molar-refractivity contribution in [1.29, 1.82) is 0 Å². The lowest BCUT2D eigenvalue weighted by Crippen LogP contribution is -2.42. The Bertz CT molecular complexity index is 915. The van der Waals surface area contributed by atoms with E-state index in [1.54, 1.807) is 23.5 Å². The van der Waals surface area contributed by atoms with Gasteiger partial charge in [0.2, 0.25) is 15.9 Å². The maximum absolute atomic E-state index is 12.8. The molecule has 3 rings (SSSR count). The smallest absolute Gasteiger partial charge is 0.243 e. The number of Topliss-reactive ketones (excluding diaryl/α,β-unsaturated/α-hetero) is 1. The van der Waals surface area contributed by atoms with E-state index in [4.69, 9.17) is 0 Å². The number of sulfonamides is 1. The number of thiophene rings is 1. The van der Waals surface area contributed by atoms with Crippen molar-refractivity contribution in [1.82, 2.24) is 9.62 Å². The van der Waals surface area contributed by atoms with Gasteiger partial charge in [0.1, 0.15) is 0 Å². The first-order valence-corrected chi connectivity index (χ1v) is 11.1. The molecule has 2 aromatic rings. The zero-order valence-corrected chi connectivity index (χ0v) is 16.7. The summed E-state index contributed by atoms with van der Waals surface area (Å²) < 4.78 is 27.1. The normalized spacial score (nSPS) is 16.2. The average Bonchev–Trinajstić information content (AvgIpc) is 3.20. The molecule has 0 atom stereocenters. The van der Waals surface area contributed by atoms with Crippen molar-refractivity contribution in [2.24, 2.45) is 5.92 Å². The molecule has 1 aromatic heterocycles. The molecule has 144 valence electrons. The SMILES string of the molecule is CC(=O)c1cccc(S(=O)(=O)N2CCC(C(=O)NCc3cccs3)CC2)c1. The Morgan fingerprint density at radius 2 is 1.93 bits per heavy atom. The third kappa shape index (κ3) is 4.63. The molecule has 1 N–H and O–H groups in total. The standard InChI is InChI=1S/C19H22N2O4S2/c1-14(22)16-4-2-6-18(12-16)27(24,25)21-9-7-15(8-10-21)19(23)20-13-17-5-3-11-26-17/h2-6,11-12,15H,7-10,13H2,1H3,(H,20,23). The van der Waals surface area contributed by atoms with Crippen molar-refractivity contribution in [2.75, 3.05) is 13.1 Å². The predicted molar refractivity (Wildman–Crippen MR) is 104 cm³/mol. The number of nitrogens with one attached hydrogen (secondary N) is 1. The van der Waals surface area contributed by atoms with Crippen LogP contribution in [0.2, 0.25) is 0 Å². The van der Waals surface area contributed by atoms with Crippen LogP contribution in [0.3, 0.4) is 0 Å². The fraction of sp³-hybridized carbons (Fsp3) is 0.368. The minimum absolute atomic E-state index is 0.0287. The first-order valence-electron chi connectivity index (χ1n) is 8.79. The topological polar surface area (TPSA) is 83.6 Å². The van der Waals surface area contributed by atoms with Crippen LogP contribution in [-0.4, -0.2) is 37.5 Å². The zero-order valence-electron chi connectivity index (χ0n) is 15.1. The van der Waals surface area contributed by atoms with Gasteiger partial charge in [-0.15, -0.1) is 11.3 Å². The lowest BCUT2D eigenvalue weighted by Gasteiger charge is -2.30. The summed E-state index contributed by atoms with van der Waals surface area (Å²) in [7, 11) is -3.66. The Kier molecular flexibility index (Phi) is 6.08. The highest BCUT2D eigenvalue weighted by atomic mass is 32.2. The molecule has 1 amide bonds. The van der Waals surface area contributed by atoms with Gasteiger partial charge in [0, 0.05) is 29.4 Å². The van der Waals surface area contributed by atoms with Crippen molar-refractivity contribution in [2.45, 2.75) is 31.2 Å². The molecule has 8 heteroatoms. The Hall–Kier alpha value is -2.03. The molecular formula is C19H22N2O4S2. The van der Waals surface area contributed by atoms with E-state index in [1.165, 1.54) is 23.4 Å². The minimum Gasteiger partial charge on any atom is -0.351 e. The molecule has 0 radical (unpaired) electrons. The fourth-order valence-electron chi connectivity index (χ4n) is 3.11. The number of carbonyl (C=O) groups excluding carboxylic acids is 2. The number of nitrogens with zero attached hydrogens (tertiary/aromatic N) is 1. The van der Waals surface area contributed by atoms with Crippen molar-refractivity contribution in [3.05, 3.63) is 52.2 Å². The molecule has 27 heavy (non-hydrogen) atoms. The molecule has 0 bridgehead atoms. The van der Waals surface area contributed by atoms with E-state index in [2.05, 4.69) is 5.32 Å². The molecule has 0 aliphatic carbocycles. The molecule has 1 saturated heterocycles. The van der Waals surface area contributed by atoms with Gasteiger partial charge in [-0.1, -0.05) is 18.2 Å². The molecule has 1 aliphatic rings. The number of benzene rings is 1. The van der Waals surface area contributed by atoms with E-state index in [-0.39, 0.29) is 22.5 Å². The Morgan fingerprint density at radius 1 is 1.19 bits per heavy atom. The second-order valence-electron chi connectivity index (χ2n) is 6.56. The molecule has 6 nitrogen and oxygen atoms in total. The predicted octanol–water partition coefficient (Wildman–Crippen LogP) is 2.67. The van der Waals surface area contributed by atoms with E-state index in [0.717, 1.165) is 4.88 Å². The highest BCUT2D eigenvalue weighted by molar-refractivity contribution is 7.89. The van der Waals surface area contributed by atoms with Gasteiger partial charge in [-0.05, 0) is 43.3 Å². The number of ketones is 1. The number of hydrogen-bond donors (Lipinski definition) is 1. The van der Waals surface area contributed by atoms with Crippen LogP contribution in [0.15, 0.2) is 46.7 Å². The van der Waals surface area contributed by atoms with E-state index in [1.807, 2.05) is 17.5 Å². The van der Waals surface area contributed by atoms with Gasteiger partial charge in [0.15, 0.2) is 5.78 Å². The monoisotopic (exact) mass is 406 g/mol. The van der Waals surface area contributed by atoms with Crippen molar-refractivity contribution >= 4 is 33.1 Å². The fourth-order valence-corrected chi connectivity index (χ4v) is 5.28. The van der Waals surface area contributed by atoms with Crippen LogP contribution >= 0.6 is 11.3 Å². The quantitative estimate of drug-likeness (QED) is 0.748. The average molecular weight is 407 g/mol. The van der Waals surface area contributed by atoms with Crippen LogP contribution in [0.4, 0.5) is 0 Å². The van der Waals surface area contributed by atoms with Gasteiger partial charge in [-0.2, -0.15) is 4.31 Å². The first-order chi connectivity index (χ1) is 12.9. The van der Waals surface area contributed by atoms with E-state index < -0.39 is 10.0 Å². The van der Waals surface area contributed by atoms with Crippen LogP contribution in [0, 0.1) is 5.92 Å². The number of carbonyl (C=O) groups is 2. The summed E-state index contributed by atoms with van der Waals surface area (Å²) in [5, 5.41) is 4.89. The third-order valence-corrected chi connectivity index (χ3v) is 7.49. The summed E-state index contributed by atoms with van der Waals surface area (Å²) in [5.41, 5.74) is 0.374. The maximum atomic E-state index is 12.8. The summed E-state index contributed by atoms with van der Waals surface area (Å²) in [5.74, 6) is -0.382. The van der Waals surface area contributed by atoms with Crippen molar-refractivity contribution in [3.8, 4) is 0 Å². The summed E-state index contributed by atoms with van der Waals surface area (Å²) in [4.78, 5) is 25.1. The molecule has 0 spiro atoms. The molecule has 2 heterocycles. The number of amides is 1. The van der Waals surface area contributed by atoms with Crippen LogP contribution in [0.1, 0.15) is 35.0 Å². The molecule has 1 fully saturated rings. The zero-order chi connectivity index (χ0) is 19.4. The number of rotatable bonds is 6. The molecule has 0 unspecified atom stereocenters. The van der Waals surface area contributed by atoms with Crippen LogP contribution in [-0.2, 0) is 21.4 Å². The number of hydrogen-bond acceptors (Lipinski definition) is 5. The van der Waals surface area contributed by atoms with Gasteiger partial charge in [-0.25, -0.2) is 8.42 Å². The Morgan fingerprint density at radius 3 is 2.56 bits per heavy atom. The van der Waals surface area contributed by atoms with Gasteiger partial charge < -0.3 is 5.32 Å². The maximum Gasteiger partial charge on any atom is 0.243 e. The summed E-state index contributed by atoms with van der Waals surface area (Å²) in [6, 6.07) is 10.0. The van der Waals surface area contributed by atoms with E-state index >= 15 is 0 Å². The largest absolute Gasteiger partial charge is 0.351 e. The second-order valence-corrected chi connectivity index (χ2v) is 9.53. The second kappa shape index (κ2) is 8.33. The minimum atomic E-state index is -3.66. The van der Waals surface area contributed by atoms with Gasteiger partial charge >= 0.3 is 0 Å². The Labute approximate surface area is 163 Å². The van der Waals surface area contributed by atoms with Crippen LogP contribution in [0.5, 0.6) is 0 Å². The molecule has 0 saturated carbocycles. The van der Waals surface area contributed by atoms with Crippen LogP contribution in [0.25, 0.3) is 0 Å². The molecular weight excluding hydrogens is 384 g/mol.